The maximum Gasteiger partial charge on any atom is 0.166 e. The molecule has 3 rings (SSSR count). The van der Waals surface area contributed by atoms with Gasteiger partial charge in [0.1, 0.15) is 0 Å². The van der Waals surface area contributed by atoms with Crippen molar-refractivity contribution in [2.24, 2.45) is 5.92 Å². The van der Waals surface area contributed by atoms with E-state index in [9.17, 15) is 4.79 Å². The first-order chi connectivity index (χ1) is 8.34. The highest BCUT2D eigenvalue weighted by atomic mass is 16.1. The third-order valence-electron chi connectivity index (χ3n) is 4.11. The first-order valence-electron chi connectivity index (χ1n) is 6.72. The van der Waals surface area contributed by atoms with Crippen LogP contribution in [0.4, 0.5) is 5.69 Å². The number of fused-ring (bicyclic) bond motifs is 1. The van der Waals surface area contributed by atoms with Crippen LogP contribution in [0.25, 0.3) is 0 Å². The van der Waals surface area contributed by atoms with Gasteiger partial charge in [-0.3, -0.25) is 4.79 Å². The van der Waals surface area contributed by atoms with Gasteiger partial charge in [0.15, 0.2) is 5.78 Å². The Labute approximate surface area is 103 Å². The zero-order valence-electron chi connectivity index (χ0n) is 10.2. The lowest BCUT2D eigenvalue weighted by atomic mass is 9.98. The van der Waals surface area contributed by atoms with Crippen LogP contribution in [-0.2, 0) is 0 Å². The van der Waals surface area contributed by atoms with Crippen molar-refractivity contribution in [1.29, 1.82) is 0 Å². The molecule has 1 aliphatic heterocycles. The van der Waals surface area contributed by atoms with Crippen molar-refractivity contribution in [3.05, 3.63) is 29.8 Å². The zero-order valence-corrected chi connectivity index (χ0v) is 10.2. The molecular weight excluding hydrogens is 210 g/mol. The van der Waals surface area contributed by atoms with Gasteiger partial charge in [-0.05, 0) is 30.9 Å². The summed E-state index contributed by atoms with van der Waals surface area (Å²) in [4.78, 5) is 14.3. The average Bonchev–Trinajstić information content (AvgIpc) is 2.86. The van der Waals surface area contributed by atoms with Gasteiger partial charge in [0, 0.05) is 30.8 Å². The number of carbonyl (C=O) groups is 1. The first-order valence-corrected chi connectivity index (χ1v) is 6.72. The summed E-state index contributed by atoms with van der Waals surface area (Å²) in [6, 6.07) is 8.08. The average molecular weight is 229 g/mol. The largest absolute Gasteiger partial charge is 0.370 e. The Morgan fingerprint density at radius 2 is 1.94 bits per heavy atom. The second-order valence-corrected chi connectivity index (χ2v) is 5.29. The normalized spacial score (nSPS) is 20.7. The third kappa shape index (κ3) is 2.08. The highest BCUT2D eigenvalue weighted by Gasteiger charge is 2.25. The fourth-order valence-electron chi connectivity index (χ4n) is 3.17. The van der Waals surface area contributed by atoms with Crippen LogP contribution in [0, 0.1) is 5.92 Å². The second kappa shape index (κ2) is 4.52. The van der Waals surface area contributed by atoms with E-state index in [0.29, 0.717) is 12.2 Å². The summed E-state index contributed by atoms with van der Waals surface area (Å²) >= 11 is 0. The van der Waals surface area contributed by atoms with Crippen molar-refractivity contribution in [1.82, 2.24) is 0 Å². The molecule has 2 aliphatic rings. The molecule has 1 heterocycles. The molecule has 90 valence electrons. The minimum atomic E-state index is 0.309. The number of nitrogens with zero attached hydrogens (tertiary/aromatic N) is 1. The summed E-state index contributed by atoms with van der Waals surface area (Å²) in [6.45, 7) is 2.05. The molecule has 0 unspecified atom stereocenters. The minimum Gasteiger partial charge on any atom is -0.370 e. The zero-order chi connectivity index (χ0) is 11.7. The highest BCUT2D eigenvalue weighted by Crippen LogP contribution is 2.31. The van der Waals surface area contributed by atoms with Crippen molar-refractivity contribution in [2.45, 2.75) is 32.1 Å². The monoisotopic (exact) mass is 229 g/mol. The highest BCUT2D eigenvalue weighted by molar-refractivity contribution is 6.03. The van der Waals surface area contributed by atoms with E-state index in [2.05, 4.69) is 11.0 Å². The Bertz CT molecular complexity index is 421. The van der Waals surface area contributed by atoms with E-state index in [4.69, 9.17) is 0 Å². The van der Waals surface area contributed by atoms with Crippen LogP contribution in [0.3, 0.4) is 0 Å². The maximum absolute atomic E-state index is 11.8. The molecule has 1 fully saturated rings. The molecule has 2 heteroatoms. The van der Waals surface area contributed by atoms with Gasteiger partial charge in [-0.25, -0.2) is 0 Å². The van der Waals surface area contributed by atoms with Crippen molar-refractivity contribution >= 4 is 11.5 Å². The lowest BCUT2D eigenvalue weighted by Crippen LogP contribution is -2.35. The Hall–Kier alpha value is -1.31. The Kier molecular flexibility index (Phi) is 2.87. The van der Waals surface area contributed by atoms with E-state index in [1.165, 1.54) is 25.7 Å². The van der Waals surface area contributed by atoms with Gasteiger partial charge < -0.3 is 4.90 Å². The molecule has 17 heavy (non-hydrogen) atoms. The number of hydrogen-bond donors (Lipinski definition) is 0. The molecule has 0 amide bonds. The van der Waals surface area contributed by atoms with Gasteiger partial charge in [-0.2, -0.15) is 0 Å². The molecule has 0 bridgehead atoms. The van der Waals surface area contributed by atoms with Crippen LogP contribution in [0.15, 0.2) is 24.3 Å². The van der Waals surface area contributed by atoms with Gasteiger partial charge in [0.25, 0.3) is 0 Å². The fraction of sp³-hybridized carbons (Fsp3) is 0.533. The first kappa shape index (κ1) is 10.8. The number of hydrogen-bond acceptors (Lipinski definition) is 2. The molecule has 0 radical (unpaired) electrons. The van der Waals surface area contributed by atoms with E-state index in [1.54, 1.807) is 0 Å². The number of rotatable bonds is 2. The van der Waals surface area contributed by atoms with E-state index >= 15 is 0 Å². The van der Waals surface area contributed by atoms with Crippen molar-refractivity contribution in [2.75, 3.05) is 18.0 Å². The molecule has 1 saturated carbocycles. The van der Waals surface area contributed by atoms with Crippen molar-refractivity contribution in [3.63, 3.8) is 0 Å². The number of carbonyl (C=O) groups excluding carboxylic acids is 1. The Morgan fingerprint density at radius 3 is 2.76 bits per heavy atom. The Morgan fingerprint density at radius 1 is 1.18 bits per heavy atom. The SMILES string of the molecule is O=C1CCN(CC2CCCC2)c2ccccc21. The van der Waals surface area contributed by atoms with E-state index < -0.39 is 0 Å². The molecule has 0 spiro atoms. The second-order valence-electron chi connectivity index (χ2n) is 5.29. The molecule has 1 aromatic rings. The van der Waals surface area contributed by atoms with Gasteiger partial charge in [0.2, 0.25) is 0 Å². The standard InChI is InChI=1S/C15H19NO/c17-15-9-10-16(11-12-5-1-2-6-12)14-8-4-3-7-13(14)15/h3-4,7-8,12H,1-2,5-6,9-11H2. The predicted octanol–water partition coefficient (Wildman–Crippen LogP) is 3.27. The van der Waals surface area contributed by atoms with Gasteiger partial charge in [0.05, 0.1) is 0 Å². The van der Waals surface area contributed by atoms with Crippen LogP contribution < -0.4 is 4.90 Å². The quantitative estimate of drug-likeness (QED) is 0.775. The van der Waals surface area contributed by atoms with Crippen LogP contribution >= 0.6 is 0 Å². The van der Waals surface area contributed by atoms with E-state index in [-0.39, 0.29) is 0 Å². The van der Waals surface area contributed by atoms with Gasteiger partial charge >= 0.3 is 0 Å². The number of Topliss-reactive ketones (excluding diaryl/α,β-unsaturated/α-hetero) is 1. The molecule has 1 aliphatic carbocycles. The lowest BCUT2D eigenvalue weighted by Gasteiger charge is -2.32. The van der Waals surface area contributed by atoms with Crippen molar-refractivity contribution in [3.8, 4) is 0 Å². The molecule has 1 aromatic carbocycles. The molecule has 0 aromatic heterocycles. The van der Waals surface area contributed by atoms with Gasteiger partial charge in [-0.1, -0.05) is 25.0 Å². The number of benzene rings is 1. The molecule has 0 saturated heterocycles. The minimum absolute atomic E-state index is 0.309. The summed E-state index contributed by atoms with van der Waals surface area (Å²) < 4.78 is 0. The number of anilines is 1. The van der Waals surface area contributed by atoms with E-state index in [1.807, 2.05) is 18.2 Å². The summed E-state index contributed by atoms with van der Waals surface area (Å²) in [5.41, 5.74) is 2.09. The predicted molar refractivity (Wildman–Crippen MR) is 69.6 cm³/mol. The van der Waals surface area contributed by atoms with Crippen LogP contribution in [0.2, 0.25) is 0 Å². The smallest absolute Gasteiger partial charge is 0.166 e. The third-order valence-corrected chi connectivity index (χ3v) is 4.11. The summed E-state index contributed by atoms with van der Waals surface area (Å²) in [7, 11) is 0. The van der Waals surface area contributed by atoms with Crippen molar-refractivity contribution < 1.29 is 4.79 Å². The number of para-hydroxylation sites is 1. The van der Waals surface area contributed by atoms with Crippen LogP contribution in [0.5, 0.6) is 0 Å². The maximum atomic E-state index is 11.8. The summed E-state index contributed by atoms with van der Waals surface area (Å²) in [5, 5.41) is 0. The molecular formula is C15H19NO. The molecule has 2 nitrogen and oxygen atoms in total. The summed E-state index contributed by atoms with van der Waals surface area (Å²) in [5.74, 6) is 1.15. The van der Waals surface area contributed by atoms with E-state index in [0.717, 1.165) is 30.3 Å². The van der Waals surface area contributed by atoms with Crippen LogP contribution in [-0.4, -0.2) is 18.9 Å². The fourth-order valence-corrected chi connectivity index (χ4v) is 3.17. The summed E-state index contributed by atoms with van der Waals surface area (Å²) in [6.07, 6.45) is 6.20. The molecule has 0 N–H and O–H groups in total. The number of ketones is 1. The topological polar surface area (TPSA) is 20.3 Å². The lowest BCUT2D eigenvalue weighted by molar-refractivity contribution is 0.0979. The molecule has 0 atom stereocenters. The van der Waals surface area contributed by atoms with Gasteiger partial charge in [-0.15, -0.1) is 0 Å². The Balaban J connectivity index is 1.82. The van der Waals surface area contributed by atoms with Crippen LogP contribution in [0.1, 0.15) is 42.5 Å².